The summed E-state index contributed by atoms with van der Waals surface area (Å²) in [6, 6.07) is 44.1. The molecule has 0 aliphatic heterocycles. The van der Waals surface area contributed by atoms with Crippen molar-refractivity contribution in [3.8, 4) is 0 Å². The fraction of sp³-hybridized carbons (Fsp3) is 0. The van der Waals surface area contributed by atoms with Crippen molar-refractivity contribution >= 4 is 57.8 Å². The van der Waals surface area contributed by atoms with Gasteiger partial charge in [-0.2, -0.15) is 0 Å². The Balaban J connectivity index is 2.06. The van der Waals surface area contributed by atoms with Crippen LogP contribution in [0.4, 0.5) is 0 Å². The summed E-state index contributed by atoms with van der Waals surface area (Å²) >= 11 is -0.762. The Morgan fingerprint density at radius 1 is 0.500 bits per heavy atom. The van der Waals surface area contributed by atoms with Crippen molar-refractivity contribution in [1.29, 1.82) is 0 Å². The molecule has 4 aromatic rings. The maximum atomic E-state index is 2.62. The first kappa shape index (κ1) is 19.5. The Kier molecular flexibility index (Phi) is 6.32. The van der Waals surface area contributed by atoms with E-state index >= 15 is 0 Å². The summed E-state index contributed by atoms with van der Waals surface area (Å²) in [6.07, 6.45) is 2.39. The summed E-state index contributed by atoms with van der Waals surface area (Å²) in [7, 11) is 0. The van der Waals surface area contributed by atoms with Crippen LogP contribution in [0.15, 0.2) is 123 Å². The molecule has 4 rings (SSSR count). The first-order valence-electron chi connectivity index (χ1n) is 9.41. The Bertz CT molecular complexity index is 946. The summed E-state index contributed by atoms with van der Waals surface area (Å²) in [5.41, 5.74) is 1.26. The molecule has 0 amide bonds. The van der Waals surface area contributed by atoms with Gasteiger partial charge in [0, 0.05) is 0 Å². The standard InChI is InChI=1S/C8H6I.3C6H5.Sn/c9-7-6-8-4-2-1-3-5-8;3*1-2-4-6-5-3-1;/h1-6H;3*1-5H;. The number of rotatable bonds is 5. The van der Waals surface area contributed by atoms with E-state index in [4.69, 9.17) is 0 Å². The number of benzene rings is 4. The van der Waals surface area contributed by atoms with Crippen molar-refractivity contribution in [3.05, 3.63) is 128 Å². The molecule has 0 spiro atoms. The average Bonchev–Trinajstić information content (AvgIpc) is 2.77. The summed E-state index contributed by atoms with van der Waals surface area (Å²) < 4.78 is 5.91. The van der Waals surface area contributed by atoms with Gasteiger partial charge in [0.1, 0.15) is 0 Å². The molecule has 0 saturated heterocycles. The first-order valence-corrected chi connectivity index (χ1v) is 16.2. The Morgan fingerprint density at radius 2 is 0.821 bits per heavy atom. The molecule has 0 N–H and O–H groups in total. The van der Waals surface area contributed by atoms with Gasteiger partial charge >= 0.3 is 186 Å². The zero-order valence-corrected chi connectivity index (χ0v) is 20.5. The molecule has 0 atom stereocenters. The molecule has 2 heteroatoms. The van der Waals surface area contributed by atoms with Gasteiger partial charge in [0.05, 0.1) is 0 Å². The van der Waals surface area contributed by atoms with Gasteiger partial charge < -0.3 is 0 Å². The van der Waals surface area contributed by atoms with Crippen LogP contribution in [0.3, 0.4) is 0 Å². The van der Waals surface area contributed by atoms with Crippen molar-refractivity contribution in [2.45, 2.75) is 0 Å². The van der Waals surface area contributed by atoms with E-state index < -0.39 is 18.4 Å². The second kappa shape index (κ2) is 9.10. The van der Waals surface area contributed by atoms with Crippen molar-refractivity contribution in [2.24, 2.45) is 0 Å². The zero-order valence-electron chi connectivity index (χ0n) is 15.5. The fourth-order valence-corrected chi connectivity index (χ4v) is 22.6. The van der Waals surface area contributed by atoms with Crippen LogP contribution in [-0.2, 0) is 0 Å². The SMILES string of the molecule is I/[C](=C/c1ccccc1)[Sn]([c]1ccccc1)([c]1ccccc1)[c]1ccccc1. The third-order valence-electron chi connectivity index (χ3n) is 5.07. The molecular formula is C26H21ISn. The topological polar surface area (TPSA) is 0 Å². The fourth-order valence-electron chi connectivity index (χ4n) is 3.78. The maximum absolute atomic E-state index is 3.39. The average molecular weight is 579 g/mol. The van der Waals surface area contributed by atoms with Crippen molar-refractivity contribution in [3.63, 3.8) is 0 Å². The van der Waals surface area contributed by atoms with Gasteiger partial charge in [0.25, 0.3) is 0 Å². The van der Waals surface area contributed by atoms with E-state index in [1.165, 1.54) is 17.9 Å². The van der Waals surface area contributed by atoms with Gasteiger partial charge in [-0.15, -0.1) is 0 Å². The molecule has 0 nitrogen and oxygen atoms in total. The van der Waals surface area contributed by atoms with Gasteiger partial charge in [0.15, 0.2) is 0 Å². The molecule has 0 unspecified atom stereocenters. The third-order valence-corrected chi connectivity index (χ3v) is 23.5. The van der Waals surface area contributed by atoms with E-state index in [2.05, 4.69) is 150 Å². The molecule has 0 bridgehead atoms. The van der Waals surface area contributed by atoms with E-state index in [1.807, 2.05) is 0 Å². The van der Waals surface area contributed by atoms with Crippen LogP contribution in [-0.4, -0.2) is 18.4 Å². The summed E-state index contributed by atoms with van der Waals surface area (Å²) in [5.74, 6) is 0. The summed E-state index contributed by atoms with van der Waals surface area (Å²) in [5, 5.41) is 0. The van der Waals surface area contributed by atoms with Gasteiger partial charge in [0.2, 0.25) is 0 Å². The Labute approximate surface area is 185 Å². The van der Waals surface area contributed by atoms with Gasteiger partial charge in [-0.1, -0.05) is 0 Å². The van der Waals surface area contributed by atoms with E-state index in [0.717, 1.165) is 0 Å². The quantitative estimate of drug-likeness (QED) is 0.226. The molecule has 0 radical (unpaired) electrons. The monoisotopic (exact) mass is 580 g/mol. The van der Waals surface area contributed by atoms with Crippen LogP contribution in [0.25, 0.3) is 6.08 Å². The molecular weight excluding hydrogens is 558 g/mol. The minimum absolute atomic E-state index is 1.26. The number of halogens is 1. The normalized spacial score (nSPS) is 12.0. The Hall–Kier alpha value is -1.85. The molecule has 0 aliphatic rings. The van der Waals surface area contributed by atoms with Crippen LogP contribution >= 0.6 is 22.6 Å². The zero-order chi connectivity index (χ0) is 19.2. The van der Waals surface area contributed by atoms with E-state index in [-0.39, 0.29) is 0 Å². The van der Waals surface area contributed by atoms with Crippen molar-refractivity contribution < 1.29 is 0 Å². The molecule has 4 aromatic carbocycles. The van der Waals surface area contributed by atoms with Gasteiger partial charge in [-0.25, -0.2) is 0 Å². The van der Waals surface area contributed by atoms with Gasteiger partial charge in [-0.05, 0) is 0 Å². The first-order chi connectivity index (χ1) is 13.8. The van der Waals surface area contributed by atoms with E-state index in [9.17, 15) is 0 Å². The van der Waals surface area contributed by atoms with Crippen LogP contribution in [0.2, 0.25) is 0 Å². The molecule has 0 aliphatic carbocycles. The molecule has 0 saturated carbocycles. The predicted molar refractivity (Wildman–Crippen MR) is 132 cm³/mol. The Morgan fingerprint density at radius 3 is 1.18 bits per heavy atom. The third kappa shape index (κ3) is 3.83. The van der Waals surface area contributed by atoms with Crippen LogP contribution < -0.4 is 10.7 Å². The molecule has 0 aromatic heterocycles. The number of hydrogen-bond acceptors (Lipinski definition) is 0. The second-order valence-electron chi connectivity index (χ2n) is 6.75. The summed E-state index contributed by atoms with van der Waals surface area (Å²) in [4.78, 5) is 0. The molecule has 136 valence electrons. The van der Waals surface area contributed by atoms with E-state index in [0.29, 0.717) is 0 Å². The van der Waals surface area contributed by atoms with Crippen LogP contribution in [0.1, 0.15) is 5.56 Å². The molecule has 28 heavy (non-hydrogen) atoms. The summed E-state index contributed by atoms with van der Waals surface area (Å²) in [6.45, 7) is 0. The predicted octanol–water partition coefficient (Wildman–Crippen LogP) is 5.17. The molecule has 0 heterocycles. The van der Waals surface area contributed by atoms with Crippen LogP contribution in [0.5, 0.6) is 0 Å². The van der Waals surface area contributed by atoms with Crippen molar-refractivity contribution in [2.75, 3.05) is 0 Å². The second-order valence-corrected chi connectivity index (χ2v) is 21.6. The molecule has 0 fully saturated rings. The van der Waals surface area contributed by atoms with E-state index in [1.54, 1.807) is 0 Å². The minimum atomic E-state index is -3.39. The number of hydrogen-bond donors (Lipinski definition) is 0. The van der Waals surface area contributed by atoms with Crippen molar-refractivity contribution in [1.82, 2.24) is 0 Å². The van der Waals surface area contributed by atoms with Crippen LogP contribution in [0, 0.1) is 0 Å². The van der Waals surface area contributed by atoms with Gasteiger partial charge in [-0.3, -0.25) is 0 Å².